The summed E-state index contributed by atoms with van der Waals surface area (Å²) >= 11 is 0. The Balaban J connectivity index is 3.06. The third-order valence-corrected chi connectivity index (χ3v) is 5.54. The normalized spacial score (nSPS) is 15.3. The molecule has 1 aromatic carbocycles. The van der Waals surface area contributed by atoms with Gasteiger partial charge in [-0.25, -0.2) is 8.42 Å². The lowest BCUT2D eigenvalue weighted by Crippen LogP contribution is -2.33. The maximum Gasteiger partial charge on any atom is 0.183 e. The van der Waals surface area contributed by atoms with Gasteiger partial charge in [0.1, 0.15) is 0 Å². The van der Waals surface area contributed by atoms with Gasteiger partial charge in [-0.1, -0.05) is 38.0 Å². The second kappa shape index (κ2) is 6.34. The zero-order valence-electron chi connectivity index (χ0n) is 11.3. The monoisotopic (exact) mass is 270 g/mol. The number of benzene rings is 1. The van der Waals surface area contributed by atoms with Crippen LogP contribution in [0, 0.1) is 6.92 Å². The van der Waals surface area contributed by atoms with E-state index in [-0.39, 0.29) is 0 Å². The van der Waals surface area contributed by atoms with Gasteiger partial charge in [0, 0.05) is 0 Å². The fourth-order valence-electron chi connectivity index (χ4n) is 2.08. The summed E-state index contributed by atoms with van der Waals surface area (Å²) in [5, 5.41) is 9.27. The van der Waals surface area contributed by atoms with Crippen molar-refractivity contribution in [2.75, 3.05) is 0 Å². The first kappa shape index (κ1) is 15.2. The van der Waals surface area contributed by atoms with Crippen molar-refractivity contribution < 1.29 is 13.5 Å². The summed E-state index contributed by atoms with van der Waals surface area (Å²) in [5.41, 5.74) is 1.02. The minimum atomic E-state index is -3.44. The number of sulfone groups is 1. The third kappa shape index (κ3) is 3.33. The van der Waals surface area contributed by atoms with Crippen LogP contribution in [0.15, 0.2) is 29.2 Å². The minimum Gasteiger partial charge on any atom is -0.392 e. The SMILES string of the molecule is CCCC(O)C(CC)S(=O)(=O)c1ccc(C)cc1. The van der Waals surface area contributed by atoms with Crippen LogP contribution in [0.3, 0.4) is 0 Å². The number of hydrogen-bond acceptors (Lipinski definition) is 3. The molecule has 1 aromatic rings. The van der Waals surface area contributed by atoms with Crippen molar-refractivity contribution in [3.05, 3.63) is 29.8 Å². The summed E-state index contributed by atoms with van der Waals surface area (Å²) in [6, 6.07) is 6.80. The highest BCUT2D eigenvalue weighted by molar-refractivity contribution is 7.92. The van der Waals surface area contributed by atoms with E-state index in [1.54, 1.807) is 31.2 Å². The fraction of sp³-hybridized carbons (Fsp3) is 0.571. The van der Waals surface area contributed by atoms with E-state index in [9.17, 15) is 13.5 Å². The molecule has 0 amide bonds. The standard InChI is InChI=1S/C14H22O3S/c1-4-6-13(15)14(5-2)18(16,17)12-9-7-11(3)8-10-12/h7-10,13-15H,4-6H2,1-3H3. The number of aliphatic hydroxyl groups is 1. The highest BCUT2D eigenvalue weighted by Crippen LogP contribution is 2.23. The summed E-state index contributed by atoms with van der Waals surface area (Å²) in [7, 11) is -3.44. The van der Waals surface area contributed by atoms with Crippen LogP contribution in [-0.4, -0.2) is 24.9 Å². The molecule has 102 valence electrons. The van der Waals surface area contributed by atoms with Crippen LogP contribution in [0.2, 0.25) is 0 Å². The van der Waals surface area contributed by atoms with Crippen LogP contribution in [0.5, 0.6) is 0 Å². The van der Waals surface area contributed by atoms with Crippen molar-refractivity contribution in [2.45, 2.75) is 56.3 Å². The van der Waals surface area contributed by atoms with Crippen LogP contribution >= 0.6 is 0 Å². The summed E-state index contributed by atoms with van der Waals surface area (Å²) in [4.78, 5) is 0.301. The lowest BCUT2D eigenvalue weighted by atomic mass is 10.1. The van der Waals surface area contributed by atoms with Crippen LogP contribution < -0.4 is 0 Å². The molecule has 0 aliphatic carbocycles. The van der Waals surface area contributed by atoms with Gasteiger partial charge in [-0.15, -0.1) is 0 Å². The molecule has 0 heterocycles. The molecule has 2 unspecified atom stereocenters. The highest BCUT2D eigenvalue weighted by Gasteiger charge is 2.31. The molecule has 18 heavy (non-hydrogen) atoms. The van der Waals surface area contributed by atoms with Gasteiger partial charge in [-0.05, 0) is 31.9 Å². The molecule has 4 heteroatoms. The van der Waals surface area contributed by atoms with E-state index >= 15 is 0 Å². The first-order valence-corrected chi connectivity index (χ1v) is 7.96. The topological polar surface area (TPSA) is 54.4 Å². The van der Waals surface area contributed by atoms with Crippen molar-refractivity contribution >= 4 is 9.84 Å². The fourth-order valence-corrected chi connectivity index (χ4v) is 3.94. The van der Waals surface area contributed by atoms with Gasteiger partial charge < -0.3 is 5.11 Å². The molecular formula is C14H22O3S. The van der Waals surface area contributed by atoms with Gasteiger partial charge >= 0.3 is 0 Å². The molecule has 0 fully saturated rings. The summed E-state index contributed by atoms with van der Waals surface area (Å²) in [5.74, 6) is 0. The maximum atomic E-state index is 12.4. The number of rotatable bonds is 6. The molecular weight excluding hydrogens is 248 g/mol. The van der Waals surface area contributed by atoms with Gasteiger partial charge in [-0.2, -0.15) is 0 Å². The molecule has 0 aromatic heterocycles. The zero-order chi connectivity index (χ0) is 13.8. The molecule has 0 saturated carbocycles. The van der Waals surface area contributed by atoms with E-state index in [0.29, 0.717) is 17.7 Å². The average Bonchev–Trinajstić information content (AvgIpc) is 2.30. The molecule has 1 rings (SSSR count). The van der Waals surface area contributed by atoms with Crippen molar-refractivity contribution in [1.29, 1.82) is 0 Å². The lowest BCUT2D eigenvalue weighted by Gasteiger charge is -2.21. The molecule has 0 aliphatic rings. The molecule has 0 saturated heterocycles. The van der Waals surface area contributed by atoms with Gasteiger partial charge in [0.05, 0.1) is 16.2 Å². The minimum absolute atomic E-state index is 0.301. The second-order valence-corrected chi connectivity index (χ2v) is 6.83. The highest BCUT2D eigenvalue weighted by atomic mass is 32.2. The Morgan fingerprint density at radius 2 is 1.72 bits per heavy atom. The zero-order valence-corrected chi connectivity index (χ0v) is 12.1. The summed E-state index contributed by atoms with van der Waals surface area (Å²) < 4.78 is 24.9. The van der Waals surface area contributed by atoms with E-state index in [4.69, 9.17) is 0 Å². The molecule has 0 radical (unpaired) electrons. The Bertz CT molecular complexity index is 462. The summed E-state index contributed by atoms with van der Waals surface area (Å²) in [6.45, 7) is 5.66. The van der Waals surface area contributed by atoms with Crippen molar-refractivity contribution in [2.24, 2.45) is 0 Å². The van der Waals surface area contributed by atoms with Crippen molar-refractivity contribution in [3.63, 3.8) is 0 Å². The molecule has 3 nitrogen and oxygen atoms in total. The Morgan fingerprint density at radius 3 is 2.17 bits per heavy atom. The van der Waals surface area contributed by atoms with Crippen LogP contribution in [-0.2, 0) is 9.84 Å². The molecule has 1 N–H and O–H groups in total. The van der Waals surface area contributed by atoms with E-state index < -0.39 is 21.2 Å². The first-order chi connectivity index (χ1) is 8.43. The molecule has 0 spiro atoms. The van der Waals surface area contributed by atoms with Gasteiger partial charge in [-0.3, -0.25) is 0 Å². The quantitative estimate of drug-likeness (QED) is 0.864. The van der Waals surface area contributed by atoms with E-state index in [1.165, 1.54) is 0 Å². The van der Waals surface area contributed by atoms with E-state index in [1.807, 2.05) is 13.8 Å². The predicted molar refractivity (Wildman–Crippen MR) is 73.4 cm³/mol. The van der Waals surface area contributed by atoms with Gasteiger partial charge in [0.2, 0.25) is 0 Å². The third-order valence-electron chi connectivity index (χ3n) is 3.16. The largest absolute Gasteiger partial charge is 0.392 e. The molecule has 2 atom stereocenters. The van der Waals surface area contributed by atoms with Crippen LogP contribution in [0.4, 0.5) is 0 Å². The predicted octanol–water partition coefficient (Wildman–Crippen LogP) is 2.71. The van der Waals surface area contributed by atoms with Gasteiger partial charge in [0.25, 0.3) is 0 Å². The van der Waals surface area contributed by atoms with Crippen LogP contribution in [0.1, 0.15) is 38.7 Å². The maximum absolute atomic E-state index is 12.4. The second-order valence-electron chi connectivity index (χ2n) is 4.66. The Hall–Kier alpha value is -0.870. The van der Waals surface area contributed by atoms with Crippen molar-refractivity contribution in [1.82, 2.24) is 0 Å². The first-order valence-electron chi connectivity index (χ1n) is 6.42. The molecule has 0 bridgehead atoms. The molecule has 0 aliphatic heterocycles. The Kier molecular flexibility index (Phi) is 5.35. The van der Waals surface area contributed by atoms with Gasteiger partial charge in [0.15, 0.2) is 9.84 Å². The Morgan fingerprint density at radius 1 is 1.17 bits per heavy atom. The number of aliphatic hydroxyl groups excluding tert-OH is 1. The van der Waals surface area contributed by atoms with Crippen LogP contribution in [0.25, 0.3) is 0 Å². The lowest BCUT2D eigenvalue weighted by molar-refractivity contribution is 0.155. The Labute approximate surface area is 110 Å². The van der Waals surface area contributed by atoms with E-state index in [0.717, 1.165) is 12.0 Å². The van der Waals surface area contributed by atoms with E-state index in [2.05, 4.69) is 0 Å². The number of hydrogen-bond donors (Lipinski definition) is 1. The average molecular weight is 270 g/mol. The summed E-state index contributed by atoms with van der Waals surface area (Å²) in [6.07, 6.45) is 0.938. The smallest absolute Gasteiger partial charge is 0.183 e. The van der Waals surface area contributed by atoms with Crippen molar-refractivity contribution in [3.8, 4) is 0 Å². The number of aryl methyl sites for hydroxylation is 1.